The third-order valence-electron chi connectivity index (χ3n) is 6.89. The van der Waals surface area contributed by atoms with Gasteiger partial charge < -0.3 is 25.6 Å². The summed E-state index contributed by atoms with van der Waals surface area (Å²) in [6, 6.07) is 11.6. The molecule has 0 radical (unpaired) electrons. The maximum absolute atomic E-state index is 15.1. The van der Waals surface area contributed by atoms with Crippen LogP contribution in [0.5, 0.6) is 0 Å². The van der Waals surface area contributed by atoms with E-state index in [2.05, 4.69) is 15.2 Å². The minimum Gasteiger partial charge on any atom is -0.444 e. The number of hydrogen-bond acceptors (Lipinski definition) is 6. The van der Waals surface area contributed by atoms with Gasteiger partial charge in [0.15, 0.2) is 0 Å². The van der Waals surface area contributed by atoms with E-state index in [4.69, 9.17) is 10.5 Å². The van der Waals surface area contributed by atoms with Crippen molar-refractivity contribution in [3.63, 3.8) is 0 Å². The van der Waals surface area contributed by atoms with Gasteiger partial charge in [-0.05, 0) is 68.7 Å². The number of piperazine rings is 1. The Hall–Kier alpha value is -4.21. The highest BCUT2D eigenvalue weighted by Gasteiger charge is 2.26. The van der Waals surface area contributed by atoms with Crippen LogP contribution in [-0.4, -0.2) is 60.2 Å². The number of nitrogen functional groups attached to an aromatic ring is 1. The maximum atomic E-state index is 15.1. The lowest BCUT2D eigenvalue weighted by atomic mass is 9.93. The first-order valence-electron chi connectivity index (χ1n) is 12.9. The van der Waals surface area contributed by atoms with Crippen LogP contribution in [0.25, 0.3) is 22.3 Å². The summed E-state index contributed by atoms with van der Waals surface area (Å²) < 4.78 is 35.5. The van der Waals surface area contributed by atoms with Crippen molar-refractivity contribution in [1.29, 1.82) is 0 Å². The monoisotopic (exact) mass is 535 g/mol. The number of carbonyl (C=O) groups excluding carboxylic acids is 2. The van der Waals surface area contributed by atoms with Gasteiger partial charge in [0.1, 0.15) is 17.2 Å². The first-order valence-corrected chi connectivity index (χ1v) is 12.9. The number of aromatic nitrogens is 1. The fourth-order valence-electron chi connectivity index (χ4n) is 4.90. The van der Waals surface area contributed by atoms with Crippen molar-refractivity contribution in [2.24, 2.45) is 0 Å². The molecule has 0 unspecified atom stereocenters. The molecule has 1 saturated heterocycles. The molecule has 2 amide bonds. The zero-order valence-corrected chi connectivity index (χ0v) is 22.2. The van der Waals surface area contributed by atoms with E-state index in [1.165, 1.54) is 12.1 Å². The van der Waals surface area contributed by atoms with Crippen LogP contribution in [0.4, 0.5) is 25.1 Å². The number of rotatable bonds is 3. The number of pyridine rings is 1. The first-order chi connectivity index (χ1) is 18.5. The number of carbonyl (C=O) groups is 2. The number of amides is 2. The average Bonchev–Trinajstić information content (AvgIpc) is 2.89. The summed E-state index contributed by atoms with van der Waals surface area (Å²) >= 11 is 0. The zero-order valence-electron chi connectivity index (χ0n) is 22.2. The van der Waals surface area contributed by atoms with Gasteiger partial charge in [-0.1, -0.05) is 12.1 Å². The van der Waals surface area contributed by atoms with Gasteiger partial charge in [-0.3, -0.25) is 4.79 Å². The highest BCUT2D eigenvalue weighted by molar-refractivity contribution is 5.97. The standard InChI is InChI=1S/C29H31F2N5O3/c1-29(2,3)39-28(38)36-12-10-35(11-13-36)19-6-4-17(5-7-19)20-15-23(26(32)34-25(20)31)22-14-18-8-9-33-27(37)21(18)16-24(22)30/h4-7,14-16H,8-13H2,1-3H3,(H2,32,34)(H,33,37). The Kier molecular flexibility index (Phi) is 6.88. The van der Waals surface area contributed by atoms with Crippen LogP contribution >= 0.6 is 0 Å². The molecule has 204 valence electrons. The van der Waals surface area contributed by atoms with Crippen molar-refractivity contribution in [3.8, 4) is 22.3 Å². The minimum atomic E-state index is -0.757. The van der Waals surface area contributed by atoms with E-state index in [0.717, 1.165) is 5.69 Å². The third-order valence-corrected chi connectivity index (χ3v) is 6.89. The van der Waals surface area contributed by atoms with E-state index < -0.39 is 17.4 Å². The summed E-state index contributed by atoms with van der Waals surface area (Å²) in [6.07, 6.45) is 0.238. The highest BCUT2D eigenvalue weighted by atomic mass is 19.1. The molecular weight excluding hydrogens is 504 g/mol. The second kappa shape index (κ2) is 10.2. The SMILES string of the molecule is CC(C)(C)OC(=O)N1CCN(c2ccc(-c3cc(-c4cc5c(cc4F)C(=O)NCC5)c(N)nc3F)cc2)CC1. The number of benzene rings is 2. The molecule has 0 saturated carbocycles. The number of halogens is 2. The number of nitrogens with one attached hydrogen (secondary N) is 1. The summed E-state index contributed by atoms with van der Waals surface area (Å²) in [6.45, 7) is 8.32. The van der Waals surface area contributed by atoms with Gasteiger partial charge in [0, 0.05) is 60.7 Å². The van der Waals surface area contributed by atoms with Gasteiger partial charge in [-0.15, -0.1) is 0 Å². The second-order valence-electron chi connectivity index (χ2n) is 10.8. The van der Waals surface area contributed by atoms with Crippen LogP contribution in [0.15, 0.2) is 42.5 Å². The van der Waals surface area contributed by atoms with E-state index in [9.17, 15) is 14.0 Å². The van der Waals surface area contributed by atoms with Crippen LogP contribution in [0.3, 0.4) is 0 Å². The number of ether oxygens (including phenoxy) is 1. The highest BCUT2D eigenvalue weighted by Crippen LogP contribution is 2.35. The van der Waals surface area contributed by atoms with E-state index in [1.807, 2.05) is 32.9 Å². The average molecular weight is 536 g/mol. The molecule has 3 aromatic rings. The minimum absolute atomic E-state index is 0.130. The van der Waals surface area contributed by atoms with Crippen LogP contribution in [0, 0.1) is 11.8 Å². The largest absolute Gasteiger partial charge is 0.444 e. The van der Waals surface area contributed by atoms with Crippen molar-refractivity contribution < 1.29 is 23.1 Å². The molecule has 3 heterocycles. The Morgan fingerprint density at radius 2 is 1.67 bits per heavy atom. The number of hydrogen-bond donors (Lipinski definition) is 2. The quantitative estimate of drug-likeness (QED) is 0.475. The zero-order chi connectivity index (χ0) is 27.9. The molecule has 8 nitrogen and oxygen atoms in total. The molecule has 2 aromatic carbocycles. The summed E-state index contributed by atoms with van der Waals surface area (Å²) in [5.74, 6) is -1.83. The normalized spacial score (nSPS) is 15.6. The smallest absolute Gasteiger partial charge is 0.410 e. The van der Waals surface area contributed by atoms with Crippen molar-refractivity contribution in [2.45, 2.75) is 32.8 Å². The van der Waals surface area contributed by atoms with E-state index in [1.54, 1.807) is 23.1 Å². The fraction of sp³-hybridized carbons (Fsp3) is 0.345. The lowest BCUT2D eigenvalue weighted by Gasteiger charge is -2.36. The van der Waals surface area contributed by atoms with Crippen molar-refractivity contribution in [2.75, 3.05) is 43.4 Å². The van der Waals surface area contributed by atoms with E-state index >= 15 is 4.39 Å². The first kappa shape index (κ1) is 26.4. The van der Waals surface area contributed by atoms with Gasteiger partial charge in [-0.25, -0.2) is 14.2 Å². The fourth-order valence-corrected chi connectivity index (χ4v) is 4.90. The molecule has 1 aromatic heterocycles. The number of nitrogens with two attached hydrogens (primary N) is 1. The number of nitrogens with zero attached hydrogens (tertiary/aromatic N) is 3. The predicted octanol–water partition coefficient (Wildman–Crippen LogP) is 4.62. The van der Waals surface area contributed by atoms with Crippen molar-refractivity contribution >= 4 is 23.5 Å². The molecule has 10 heteroatoms. The summed E-state index contributed by atoms with van der Waals surface area (Å²) in [5, 5.41) is 2.70. The van der Waals surface area contributed by atoms with Crippen molar-refractivity contribution in [3.05, 3.63) is 65.4 Å². The third kappa shape index (κ3) is 5.50. The molecule has 5 rings (SSSR count). The Balaban J connectivity index is 1.36. The van der Waals surface area contributed by atoms with Gasteiger partial charge >= 0.3 is 6.09 Å². The molecule has 0 bridgehead atoms. The molecule has 3 N–H and O–H groups in total. The summed E-state index contributed by atoms with van der Waals surface area (Å²) in [5.41, 5.74) is 8.60. The molecule has 2 aliphatic heterocycles. The topological polar surface area (TPSA) is 101 Å². The molecule has 1 fully saturated rings. The van der Waals surface area contributed by atoms with Gasteiger partial charge in [0.25, 0.3) is 5.91 Å². The lowest BCUT2D eigenvalue weighted by molar-refractivity contribution is 0.0240. The van der Waals surface area contributed by atoms with E-state index in [-0.39, 0.29) is 34.5 Å². The lowest BCUT2D eigenvalue weighted by Crippen LogP contribution is -2.50. The molecular formula is C29H31F2N5O3. The molecule has 2 aliphatic rings. The summed E-state index contributed by atoms with van der Waals surface area (Å²) in [4.78, 5) is 32.1. The number of fused-ring (bicyclic) bond motifs is 1. The van der Waals surface area contributed by atoms with Crippen LogP contribution in [0.2, 0.25) is 0 Å². The molecule has 39 heavy (non-hydrogen) atoms. The Morgan fingerprint density at radius 1 is 0.974 bits per heavy atom. The van der Waals surface area contributed by atoms with E-state index in [0.29, 0.717) is 55.8 Å². The van der Waals surface area contributed by atoms with Crippen LogP contribution < -0.4 is 16.0 Å². The van der Waals surface area contributed by atoms with Crippen LogP contribution in [0.1, 0.15) is 36.7 Å². The molecule has 0 spiro atoms. The second-order valence-corrected chi connectivity index (χ2v) is 10.8. The molecule has 0 aliphatic carbocycles. The van der Waals surface area contributed by atoms with Crippen molar-refractivity contribution in [1.82, 2.24) is 15.2 Å². The Bertz CT molecular complexity index is 1430. The Labute approximate surface area is 225 Å². The van der Waals surface area contributed by atoms with Gasteiger partial charge in [0.2, 0.25) is 5.95 Å². The van der Waals surface area contributed by atoms with Gasteiger partial charge in [-0.2, -0.15) is 4.39 Å². The predicted molar refractivity (Wildman–Crippen MR) is 145 cm³/mol. The summed E-state index contributed by atoms with van der Waals surface area (Å²) in [7, 11) is 0. The van der Waals surface area contributed by atoms with Crippen LogP contribution in [-0.2, 0) is 11.2 Å². The maximum Gasteiger partial charge on any atom is 0.410 e. The Morgan fingerprint density at radius 3 is 2.33 bits per heavy atom. The number of anilines is 2. The van der Waals surface area contributed by atoms with Gasteiger partial charge in [0.05, 0.1) is 0 Å². The molecule has 0 atom stereocenters.